The van der Waals surface area contributed by atoms with Crippen molar-refractivity contribution in [1.82, 2.24) is 29.1 Å². The van der Waals surface area contributed by atoms with Crippen LogP contribution in [0, 0.1) is 5.92 Å². The summed E-state index contributed by atoms with van der Waals surface area (Å²) in [6.07, 6.45) is 5.69. The van der Waals surface area contributed by atoms with Crippen molar-refractivity contribution in [2.45, 2.75) is 18.6 Å². The molecule has 2 aliphatic heterocycles. The molecule has 7 rings (SSSR count). The van der Waals surface area contributed by atoms with E-state index in [1.54, 1.807) is 30.6 Å². The molecule has 2 aliphatic rings. The molecule has 46 heavy (non-hydrogen) atoms. The molecule has 13 heteroatoms. The summed E-state index contributed by atoms with van der Waals surface area (Å²) < 4.78 is 17.6. The fourth-order valence-corrected chi connectivity index (χ4v) is 7.52. The van der Waals surface area contributed by atoms with Gasteiger partial charge in [0.05, 0.1) is 25.4 Å². The zero-order chi connectivity index (χ0) is 31.7. The molecular formula is C33H38N8O3P2. The predicted molar refractivity (Wildman–Crippen MR) is 186 cm³/mol. The van der Waals surface area contributed by atoms with E-state index in [9.17, 15) is 4.79 Å². The first-order valence-corrected chi connectivity index (χ1v) is 16.6. The molecule has 2 aromatic heterocycles. The SMILES string of the molecule is Cn1ncn(-c2ccc(N3CCN(c4ccc(OCC5COC(Cn6cncn6)(c6ccc(P)cc6P)C5)cc4)CC3)cc2)c1=O. The topological polar surface area (TPSA) is 95.5 Å². The zero-order valence-corrected chi connectivity index (χ0v) is 28.1. The Labute approximate surface area is 272 Å². The van der Waals surface area contributed by atoms with Crippen LogP contribution in [0.2, 0.25) is 0 Å². The maximum Gasteiger partial charge on any atom is 0.350 e. The molecule has 0 amide bonds. The van der Waals surface area contributed by atoms with Crippen LogP contribution in [0.3, 0.4) is 0 Å². The highest BCUT2D eigenvalue weighted by atomic mass is 31.0. The van der Waals surface area contributed by atoms with Crippen molar-refractivity contribution in [3.05, 3.63) is 102 Å². The summed E-state index contributed by atoms with van der Waals surface area (Å²) >= 11 is 0. The lowest BCUT2D eigenvalue weighted by Crippen LogP contribution is -2.46. The van der Waals surface area contributed by atoms with E-state index in [1.807, 2.05) is 16.8 Å². The summed E-state index contributed by atoms with van der Waals surface area (Å²) in [5, 5.41) is 10.7. The summed E-state index contributed by atoms with van der Waals surface area (Å²) in [5.41, 5.74) is 3.67. The van der Waals surface area contributed by atoms with Gasteiger partial charge in [-0.25, -0.2) is 23.7 Å². The Hall–Kier alpha value is -4.04. The smallest absolute Gasteiger partial charge is 0.350 e. The van der Waals surface area contributed by atoms with Crippen molar-refractivity contribution >= 4 is 40.5 Å². The molecule has 11 nitrogen and oxygen atoms in total. The van der Waals surface area contributed by atoms with E-state index in [2.05, 4.69) is 98.1 Å². The van der Waals surface area contributed by atoms with Crippen LogP contribution in [0.15, 0.2) is 90.5 Å². The highest BCUT2D eigenvalue weighted by Crippen LogP contribution is 2.40. The second-order valence-electron chi connectivity index (χ2n) is 12.0. The number of piperazine rings is 1. The van der Waals surface area contributed by atoms with Gasteiger partial charge in [-0.1, -0.05) is 12.1 Å². The monoisotopic (exact) mass is 656 g/mol. The third kappa shape index (κ3) is 6.32. The number of nitrogens with zero attached hydrogens (tertiary/aromatic N) is 8. The Morgan fingerprint density at radius 1 is 0.891 bits per heavy atom. The van der Waals surface area contributed by atoms with Crippen LogP contribution in [-0.4, -0.2) is 68.5 Å². The van der Waals surface area contributed by atoms with Crippen LogP contribution in [0.1, 0.15) is 12.0 Å². The minimum Gasteiger partial charge on any atom is -0.493 e. The Morgan fingerprint density at radius 2 is 1.57 bits per heavy atom. The third-order valence-corrected chi connectivity index (χ3v) is 9.78. The molecule has 3 aromatic carbocycles. The molecule has 0 saturated carbocycles. The molecule has 238 valence electrons. The van der Waals surface area contributed by atoms with Crippen LogP contribution in [-0.2, 0) is 23.9 Å². The van der Waals surface area contributed by atoms with Gasteiger partial charge in [-0.15, -0.1) is 18.5 Å². The molecule has 4 heterocycles. The summed E-state index contributed by atoms with van der Waals surface area (Å²) in [6.45, 7) is 5.48. The van der Waals surface area contributed by atoms with Crippen molar-refractivity contribution in [2.75, 3.05) is 49.2 Å². The molecule has 0 N–H and O–H groups in total. The lowest BCUT2D eigenvalue weighted by atomic mass is 9.87. The van der Waals surface area contributed by atoms with E-state index < -0.39 is 5.60 Å². The molecule has 0 aliphatic carbocycles. The second-order valence-corrected chi connectivity index (χ2v) is 13.3. The summed E-state index contributed by atoms with van der Waals surface area (Å²) in [6, 6.07) is 22.9. The molecule has 0 spiro atoms. The number of rotatable bonds is 9. The minimum atomic E-state index is -0.496. The highest BCUT2D eigenvalue weighted by molar-refractivity contribution is 7.29. The van der Waals surface area contributed by atoms with Gasteiger partial charge in [-0.3, -0.25) is 0 Å². The molecule has 0 bridgehead atoms. The van der Waals surface area contributed by atoms with Gasteiger partial charge in [0.2, 0.25) is 0 Å². The van der Waals surface area contributed by atoms with Gasteiger partial charge in [0, 0.05) is 50.5 Å². The van der Waals surface area contributed by atoms with Gasteiger partial charge in [0.25, 0.3) is 0 Å². The van der Waals surface area contributed by atoms with Crippen molar-refractivity contribution in [1.29, 1.82) is 0 Å². The Bertz CT molecular complexity index is 1830. The number of benzene rings is 3. The van der Waals surface area contributed by atoms with E-state index in [4.69, 9.17) is 9.47 Å². The predicted octanol–water partition coefficient (Wildman–Crippen LogP) is 2.50. The third-order valence-electron chi connectivity index (χ3n) is 8.95. The number of hydrogen-bond donors (Lipinski definition) is 0. The fraction of sp³-hybridized carbons (Fsp3) is 0.333. The minimum absolute atomic E-state index is 0.154. The fourth-order valence-electron chi connectivity index (χ4n) is 6.50. The molecular weight excluding hydrogens is 618 g/mol. The van der Waals surface area contributed by atoms with Crippen LogP contribution < -0.4 is 30.8 Å². The van der Waals surface area contributed by atoms with E-state index in [0.29, 0.717) is 19.8 Å². The zero-order valence-electron chi connectivity index (χ0n) is 25.8. The van der Waals surface area contributed by atoms with Gasteiger partial charge < -0.3 is 19.3 Å². The first-order chi connectivity index (χ1) is 22.4. The van der Waals surface area contributed by atoms with E-state index in [0.717, 1.165) is 65.9 Å². The molecule has 5 aromatic rings. The molecule has 4 unspecified atom stereocenters. The van der Waals surface area contributed by atoms with Crippen LogP contribution in [0.4, 0.5) is 11.4 Å². The largest absolute Gasteiger partial charge is 0.493 e. The first-order valence-electron chi connectivity index (χ1n) is 15.4. The van der Waals surface area contributed by atoms with E-state index in [-0.39, 0.29) is 11.6 Å². The van der Waals surface area contributed by atoms with E-state index >= 15 is 0 Å². The summed E-state index contributed by atoms with van der Waals surface area (Å²) in [7, 11) is 7.28. The molecule has 2 fully saturated rings. The standard InChI is InChI=1S/C33H38N8O3P2/c1-37-32(42)41(23-36-37)27-4-2-25(3-5-27)38-12-14-39(15-13-38)26-6-8-28(9-7-26)43-18-24-17-33(44-19-24,20-40-22-34-21-35-40)30-11-10-29(45)16-31(30)46/h2-11,16,21-24H,12-15,17-20,45-46H2,1H3. The number of hydrogen-bond acceptors (Lipinski definition) is 8. The van der Waals surface area contributed by atoms with Gasteiger partial charge in [-0.05, 0) is 77.2 Å². The molecule has 2 saturated heterocycles. The first kappa shape index (κ1) is 30.6. The second kappa shape index (κ2) is 13.0. The number of ether oxygens (including phenoxy) is 2. The Morgan fingerprint density at radius 3 is 2.17 bits per heavy atom. The average molecular weight is 657 g/mol. The molecule has 0 radical (unpaired) electrons. The van der Waals surface area contributed by atoms with Crippen LogP contribution >= 0.6 is 18.5 Å². The quantitative estimate of drug-likeness (QED) is 0.224. The van der Waals surface area contributed by atoms with Gasteiger partial charge >= 0.3 is 5.69 Å². The van der Waals surface area contributed by atoms with Gasteiger partial charge in [0.1, 0.15) is 30.3 Å². The average Bonchev–Trinajstić information content (AvgIpc) is 3.82. The number of aryl methyl sites for hydroxylation is 1. The van der Waals surface area contributed by atoms with Crippen LogP contribution in [0.25, 0.3) is 5.69 Å². The van der Waals surface area contributed by atoms with Crippen molar-refractivity contribution < 1.29 is 9.47 Å². The normalized spacial score (nSPS) is 19.9. The summed E-state index contributed by atoms with van der Waals surface area (Å²) in [5.74, 6) is 1.11. The lowest BCUT2D eigenvalue weighted by molar-refractivity contribution is -0.0171. The van der Waals surface area contributed by atoms with Crippen molar-refractivity contribution in [2.24, 2.45) is 13.0 Å². The van der Waals surface area contributed by atoms with E-state index in [1.165, 1.54) is 10.4 Å². The Kier molecular flexibility index (Phi) is 8.64. The summed E-state index contributed by atoms with van der Waals surface area (Å²) in [4.78, 5) is 21.1. The Balaban J connectivity index is 0.934. The van der Waals surface area contributed by atoms with Crippen molar-refractivity contribution in [3.8, 4) is 11.4 Å². The highest BCUT2D eigenvalue weighted by Gasteiger charge is 2.44. The maximum absolute atomic E-state index is 12.2. The number of anilines is 2. The van der Waals surface area contributed by atoms with Gasteiger partial charge in [0.15, 0.2) is 0 Å². The van der Waals surface area contributed by atoms with Gasteiger partial charge in [-0.2, -0.15) is 10.2 Å². The van der Waals surface area contributed by atoms with Crippen molar-refractivity contribution in [3.63, 3.8) is 0 Å². The maximum atomic E-state index is 12.2. The number of aromatic nitrogens is 6. The van der Waals surface area contributed by atoms with Crippen LogP contribution in [0.5, 0.6) is 5.75 Å². The molecule has 4 atom stereocenters. The lowest BCUT2D eigenvalue weighted by Gasteiger charge is -2.37.